The summed E-state index contributed by atoms with van der Waals surface area (Å²) in [7, 11) is 0. The highest BCUT2D eigenvalue weighted by molar-refractivity contribution is 5.46. The number of nitrogen functional groups attached to an aromatic ring is 1. The van der Waals surface area contributed by atoms with Gasteiger partial charge in [-0.15, -0.1) is 0 Å². The second-order valence-corrected chi connectivity index (χ2v) is 3.12. The first-order valence-electron chi connectivity index (χ1n) is 3.85. The molecule has 0 fully saturated rings. The third-order valence-corrected chi connectivity index (χ3v) is 1.87. The highest BCUT2D eigenvalue weighted by Gasteiger charge is 2.09. The summed E-state index contributed by atoms with van der Waals surface area (Å²) >= 11 is 0. The van der Waals surface area contributed by atoms with Crippen molar-refractivity contribution in [2.75, 3.05) is 5.73 Å². The SMILES string of the molecule is Cc1nn(C(C)C)c(C)c1N. The van der Waals surface area contributed by atoms with Crippen LogP contribution in [0.2, 0.25) is 0 Å². The van der Waals surface area contributed by atoms with Crippen molar-refractivity contribution in [2.24, 2.45) is 0 Å². The lowest BCUT2D eigenvalue weighted by atomic mass is 10.3. The monoisotopic (exact) mass is 153 g/mol. The summed E-state index contributed by atoms with van der Waals surface area (Å²) in [6.45, 7) is 8.12. The van der Waals surface area contributed by atoms with Gasteiger partial charge in [0.2, 0.25) is 0 Å². The van der Waals surface area contributed by atoms with Crippen molar-refractivity contribution < 1.29 is 0 Å². The van der Waals surface area contributed by atoms with Gasteiger partial charge in [0.25, 0.3) is 0 Å². The third-order valence-electron chi connectivity index (χ3n) is 1.87. The standard InChI is InChI=1S/C8H15N3/c1-5(2)11-7(4)8(9)6(3)10-11/h5H,9H2,1-4H3. The highest BCUT2D eigenvalue weighted by atomic mass is 15.3. The summed E-state index contributed by atoms with van der Waals surface area (Å²) in [5, 5.41) is 4.30. The topological polar surface area (TPSA) is 43.8 Å². The Morgan fingerprint density at radius 1 is 1.36 bits per heavy atom. The molecule has 0 saturated heterocycles. The van der Waals surface area contributed by atoms with E-state index < -0.39 is 0 Å². The van der Waals surface area contributed by atoms with Crippen LogP contribution < -0.4 is 5.73 Å². The van der Waals surface area contributed by atoms with Gasteiger partial charge in [0, 0.05) is 6.04 Å². The van der Waals surface area contributed by atoms with Gasteiger partial charge in [0.1, 0.15) is 0 Å². The predicted molar refractivity (Wildman–Crippen MR) is 46.5 cm³/mol. The number of hydrogen-bond donors (Lipinski definition) is 1. The molecule has 0 amide bonds. The highest BCUT2D eigenvalue weighted by Crippen LogP contribution is 2.18. The zero-order chi connectivity index (χ0) is 8.59. The number of aromatic nitrogens is 2. The molecule has 3 nitrogen and oxygen atoms in total. The van der Waals surface area contributed by atoms with E-state index in [2.05, 4.69) is 18.9 Å². The summed E-state index contributed by atoms with van der Waals surface area (Å²) in [4.78, 5) is 0. The lowest BCUT2D eigenvalue weighted by Crippen LogP contribution is -2.05. The minimum Gasteiger partial charge on any atom is -0.396 e. The van der Waals surface area contributed by atoms with E-state index in [0.29, 0.717) is 6.04 Å². The predicted octanol–water partition coefficient (Wildman–Crippen LogP) is 1.66. The van der Waals surface area contributed by atoms with Gasteiger partial charge in [-0.05, 0) is 27.7 Å². The van der Waals surface area contributed by atoms with E-state index in [0.717, 1.165) is 17.1 Å². The van der Waals surface area contributed by atoms with Crippen LogP contribution in [0.4, 0.5) is 5.69 Å². The molecule has 0 aromatic carbocycles. The van der Waals surface area contributed by atoms with Crippen molar-refractivity contribution in [3.05, 3.63) is 11.4 Å². The van der Waals surface area contributed by atoms with Crippen molar-refractivity contribution in [2.45, 2.75) is 33.7 Å². The minimum absolute atomic E-state index is 0.394. The van der Waals surface area contributed by atoms with Crippen LogP contribution in [0.1, 0.15) is 31.3 Å². The molecule has 62 valence electrons. The molecular weight excluding hydrogens is 138 g/mol. The van der Waals surface area contributed by atoms with E-state index in [-0.39, 0.29) is 0 Å². The summed E-state index contributed by atoms with van der Waals surface area (Å²) in [6, 6.07) is 0.394. The molecule has 1 aromatic rings. The van der Waals surface area contributed by atoms with Crippen molar-refractivity contribution >= 4 is 5.69 Å². The molecule has 0 radical (unpaired) electrons. The van der Waals surface area contributed by atoms with Crippen LogP contribution >= 0.6 is 0 Å². The Hall–Kier alpha value is -0.990. The van der Waals surface area contributed by atoms with Gasteiger partial charge in [-0.1, -0.05) is 0 Å². The fraction of sp³-hybridized carbons (Fsp3) is 0.625. The first kappa shape index (κ1) is 8.11. The molecule has 0 atom stereocenters. The van der Waals surface area contributed by atoms with Crippen molar-refractivity contribution in [1.29, 1.82) is 0 Å². The Labute approximate surface area is 67.2 Å². The molecule has 0 aliphatic carbocycles. The van der Waals surface area contributed by atoms with Crippen LogP contribution in [-0.2, 0) is 0 Å². The number of aryl methyl sites for hydroxylation is 1. The number of nitrogens with two attached hydrogens (primary N) is 1. The molecule has 2 N–H and O–H groups in total. The van der Waals surface area contributed by atoms with Gasteiger partial charge in [-0.2, -0.15) is 5.10 Å². The molecule has 0 unspecified atom stereocenters. The largest absolute Gasteiger partial charge is 0.396 e. The number of rotatable bonds is 1. The zero-order valence-electron chi connectivity index (χ0n) is 7.55. The van der Waals surface area contributed by atoms with Crippen LogP contribution in [0.15, 0.2) is 0 Å². The van der Waals surface area contributed by atoms with Crippen LogP contribution in [0.3, 0.4) is 0 Å². The third kappa shape index (κ3) is 1.23. The molecule has 1 rings (SSSR count). The van der Waals surface area contributed by atoms with E-state index in [1.165, 1.54) is 0 Å². The van der Waals surface area contributed by atoms with E-state index in [1.807, 2.05) is 18.5 Å². The Morgan fingerprint density at radius 3 is 2.09 bits per heavy atom. The first-order chi connectivity index (χ1) is 5.04. The Morgan fingerprint density at radius 2 is 1.91 bits per heavy atom. The van der Waals surface area contributed by atoms with Crippen molar-refractivity contribution in [1.82, 2.24) is 9.78 Å². The normalized spacial score (nSPS) is 11.0. The second-order valence-electron chi connectivity index (χ2n) is 3.12. The van der Waals surface area contributed by atoms with E-state index in [4.69, 9.17) is 5.73 Å². The summed E-state index contributed by atoms with van der Waals surface area (Å²) < 4.78 is 1.95. The molecule has 0 spiro atoms. The molecule has 1 aromatic heterocycles. The van der Waals surface area contributed by atoms with E-state index >= 15 is 0 Å². The Bertz CT molecular complexity index is 261. The molecule has 0 aliphatic heterocycles. The van der Waals surface area contributed by atoms with Crippen LogP contribution in [0, 0.1) is 13.8 Å². The van der Waals surface area contributed by atoms with E-state index in [1.54, 1.807) is 0 Å². The van der Waals surface area contributed by atoms with Gasteiger partial charge >= 0.3 is 0 Å². The van der Waals surface area contributed by atoms with Crippen LogP contribution in [0.5, 0.6) is 0 Å². The van der Waals surface area contributed by atoms with Crippen LogP contribution in [0.25, 0.3) is 0 Å². The molecule has 0 bridgehead atoms. The van der Waals surface area contributed by atoms with Gasteiger partial charge in [0.15, 0.2) is 0 Å². The fourth-order valence-electron chi connectivity index (χ4n) is 1.18. The number of nitrogens with zero attached hydrogens (tertiary/aromatic N) is 2. The van der Waals surface area contributed by atoms with Gasteiger partial charge in [-0.3, -0.25) is 4.68 Å². The zero-order valence-corrected chi connectivity index (χ0v) is 7.55. The van der Waals surface area contributed by atoms with E-state index in [9.17, 15) is 0 Å². The molecule has 3 heteroatoms. The van der Waals surface area contributed by atoms with Gasteiger partial charge in [0.05, 0.1) is 17.1 Å². The smallest absolute Gasteiger partial charge is 0.0826 e. The average molecular weight is 153 g/mol. The van der Waals surface area contributed by atoms with Gasteiger partial charge in [-0.25, -0.2) is 0 Å². The summed E-state index contributed by atoms with van der Waals surface area (Å²) in [5.74, 6) is 0. The Kier molecular flexibility index (Phi) is 1.89. The lowest BCUT2D eigenvalue weighted by Gasteiger charge is -2.06. The maximum Gasteiger partial charge on any atom is 0.0826 e. The molecule has 11 heavy (non-hydrogen) atoms. The van der Waals surface area contributed by atoms with Gasteiger partial charge < -0.3 is 5.73 Å². The molecule has 0 aliphatic rings. The average Bonchev–Trinajstić information content (AvgIpc) is 2.17. The quantitative estimate of drug-likeness (QED) is 0.666. The molecular formula is C8H15N3. The molecule has 0 saturated carbocycles. The number of hydrogen-bond acceptors (Lipinski definition) is 2. The lowest BCUT2D eigenvalue weighted by molar-refractivity contribution is 0.516. The number of anilines is 1. The van der Waals surface area contributed by atoms with Crippen molar-refractivity contribution in [3.8, 4) is 0 Å². The first-order valence-corrected chi connectivity index (χ1v) is 3.85. The van der Waals surface area contributed by atoms with Crippen molar-refractivity contribution in [3.63, 3.8) is 0 Å². The Balaban J connectivity index is 3.19. The molecule has 1 heterocycles. The second kappa shape index (κ2) is 2.57. The fourth-order valence-corrected chi connectivity index (χ4v) is 1.18. The summed E-state index contributed by atoms with van der Waals surface area (Å²) in [6.07, 6.45) is 0. The van der Waals surface area contributed by atoms with Crippen LogP contribution in [-0.4, -0.2) is 9.78 Å². The minimum atomic E-state index is 0.394. The maximum atomic E-state index is 5.76. The summed E-state index contributed by atoms with van der Waals surface area (Å²) in [5.41, 5.74) is 8.57. The maximum absolute atomic E-state index is 5.76.